The van der Waals surface area contributed by atoms with Gasteiger partial charge >= 0.3 is 0 Å². The molecule has 2 aromatic rings. The van der Waals surface area contributed by atoms with Crippen LogP contribution in [0.3, 0.4) is 0 Å². The average molecular weight is 320 g/mol. The number of anilines is 2. The minimum atomic E-state index is -1.24. The standard InChI is InChI=1S/C17H18F2N2O2/c18-13-5-6-14(17(22)16(13)19)20-11-12-3-1-2-4-15(12)21-7-9-23-10-8-21/h1-6,20,22H,7-11H2. The molecule has 0 aliphatic carbocycles. The molecule has 0 radical (unpaired) electrons. The highest BCUT2D eigenvalue weighted by molar-refractivity contribution is 5.59. The lowest BCUT2D eigenvalue weighted by molar-refractivity contribution is 0.122. The predicted octanol–water partition coefficient (Wildman–Crippen LogP) is 3.12. The van der Waals surface area contributed by atoms with Crippen molar-refractivity contribution in [1.29, 1.82) is 0 Å². The number of phenols is 1. The summed E-state index contributed by atoms with van der Waals surface area (Å²) in [4.78, 5) is 2.23. The summed E-state index contributed by atoms with van der Waals surface area (Å²) in [5.74, 6) is -3.01. The van der Waals surface area contributed by atoms with Crippen molar-refractivity contribution in [2.24, 2.45) is 0 Å². The molecule has 0 atom stereocenters. The van der Waals surface area contributed by atoms with E-state index in [0.717, 1.165) is 30.4 Å². The zero-order chi connectivity index (χ0) is 16.2. The molecule has 1 aliphatic heterocycles. The maximum absolute atomic E-state index is 13.4. The Kier molecular flexibility index (Phi) is 4.62. The first-order valence-electron chi connectivity index (χ1n) is 7.48. The number of nitrogens with one attached hydrogen (secondary N) is 1. The van der Waals surface area contributed by atoms with E-state index in [1.807, 2.05) is 24.3 Å². The van der Waals surface area contributed by atoms with Gasteiger partial charge in [0.2, 0.25) is 5.82 Å². The van der Waals surface area contributed by atoms with E-state index in [-0.39, 0.29) is 5.69 Å². The van der Waals surface area contributed by atoms with E-state index in [1.54, 1.807) is 0 Å². The van der Waals surface area contributed by atoms with Gasteiger partial charge in [-0.2, -0.15) is 4.39 Å². The monoisotopic (exact) mass is 320 g/mol. The highest BCUT2D eigenvalue weighted by Gasteiger charge is 2.16. The highest BCUT2D eigenvalue weighted by Crippen LogP contribution is 2.29. The van der Waals surface area contributed by atoms with Crippen molar-refractivity contribution in [2.45, 2.75) is 6.54 Å². The van der Waals surface area contributed by atoms with Gasteiger partial charge in [-0.25, -0.2) is 4.39 Å². The molecular weight excluding hydrogens is 302 g/mol. The fourth-order valence-corrected chi connectivity index (χ4v) is 2.65. The smallest absolute Gasteiger partial charge is 0.202 e. The average Bonchev–Trinajstić information content (AvgIpc) is 2.60. The molecule has 1 fully saturated rings. The molecule has 0 aromatic heterocycles. The Morgan fingerprint density at radius 1 is 1.09 bits per heavy atom. The number of rotatable bonds is 4. The van der Waals surface area contributed by atoms with Crippen molar-refractivity contribution >= 4 is 11.4 Å². The second-order valence-electron chi connectivity index (χ2n) is 5.34. The van der Waals surface area contributed by atoms with Gasteiger partial charge in [0.15, 0.2) is 11.6 Å². The summed E-state index contributed by atoms with van der Waals surface area (Å²) in [6.45, 7) is 3.39. The van der Waals surface area contributed by atoms with Gasteiger partial charge in [0.05, 0.1) is 18.9 Å². The van der Waals surface area contributed by atoms with Crippen molar-refractivity contribution in [3.8, 4) is 5.75 Å². The van der Waals surface area contributed by atoms with Crippen LogP contribution in [0.4, 0.5) is 20.2 Å². The van der Waals surface area contributed by atoms with E-state index in [1.165, 1.54) is 6.07 Å². The molecule has 2 aromatic carbocycles. The van der Waals surface area contributed by atoms with E-state index in [2.05, 4.69) is 10.2 Å². The number of benzene rings is 2. The fraction of sp³-hybridized carbons (Fsp3) is 0.294. The van der Waals surface area contributed by atoms with E-state index in [4.69, 9.17) is 4.74 Å². The number of para-hydroxylation sites is 1. The maximum atomic E-state index is 13.4. The van der Waals surface area contributed by atoms with Crippen molar-refractivity contribution in [3.05, 3.63) is 53.6 Å². The Morgan fingerprint density at radius 3 is 2.61 bits per heavy atom. The second-order valence-corrected chi connectivity index (χ2v) is 5.34. The number of nitrogens with zero attached hydrogens (tertiary/aromatic N) is 1. The van der Waals surface area contributed by atoms with Gasteiger partial charge in [0.25, 0.3) is 0 Å². The van der Waals surface area contributed by atoms with Crippen LogP contribution in [0.1, 0.15) is 5.56 Å². The van der Waals surface area contributed by atoms with Crippen LogP contribution >= 0.6 is 0 Å². The summed E-state index contributed by atoms with van der Waals surface area (Å²) in [5.41, 5.74) is 2.25. The second kappa shape index (κ2) is 6.83. The topological polar surface area (TPSA) is 44.7 Å². The van der Waals surface area contributed by atoms with Gasteiger partial charge in [-0.3, -0.25) is 0 Å². The summed E-state index contributed by atoms with van der Waals surface area (Å²) in [7, 11) is 0. The maximum Gasteiger partial charge on any atom is 0.202 e. The Morgan fingerprint density at radius 2 is 1.83 bits per heavy atom. The molecule has 122 valence electrons. The Bertz CT molecular complexity index is 688. The molecule has 0 saturated carbocycles. The number of halogens is 2. The summed E-state index contributed by atoms with van der Waals surface area (Å²) in [6, 6.07) is 10.2. The van der Waals surface area contributed by atoms with Gasteiger partial charge in [-0.15, -0.1) is 0 Å². The van der Waals surface area contributed by atoms with E-state index in [0.29, 0.717) is 19.8 Å². The number of hydrogen-bond donors (Lipinski definition) is 2. The summed E-state index contributed by atoms with van der Waals surface area (Å²) in [6.07, 6.45) is 0. The molecule has 0 unspecified atom stereocenters. The summed E-state index contributed by atoms with van der Waals surface area (Å²) >= 11 is 0. The van der Waals surface area contributed by atoms with Crippen molar-refractivity contribution in [3.63, 3.8) is 0 Å². The molecule has 6 heteroatoms. The molecule has 1 aliphatic rings. The van der Waals surface area contributed by atoms with Gasteiger partial charge in [-0.05, 0) is 23.8 Å². The van der Waals surface area contributed by atoms with Crippen molar-refractivity contribution < 1.29 is 18.6 Å². The third-order valence-corrected chi connectivity index (χ3v) is 3.88. The quantitative estimate of drug-likeness (QED) is 0.850. The first kappa shape index (κ1) is 15.6. The van der Waals surface area contributed by atoms with Crippen molar-refractivity contribution in [2.75, 3.05) is 36.5 Å². The van der Waals surface area contributed by atoms with Crippen LogP contribution in [0.15, 0.2) is 36.4 Å². The number of hydrogen-bond acceptors (Lipinski definition) is 4. The van der Waals surface area contributed by atoms with Crippen LogP contribution in [0.5, 0.6) is 5.75 Å². The lowest BCUT2D eigenvalue weighted by Gasteiger charge is -2.30. The summed E-state index contributed by atoms with van der Waals surface area (Å²) in [5, 5.41) is 12.6. The predicted molar refractivity (Wildman–Crippen MR) is 84.8 cm³/mol. The molecule has 0 amide bonds. The Labute approximate surface area is 133 Å². The minimum absolute atomic E-state index is 0.167. The van der Waals surface area contributed by atoms with Crippen LogP contribution < -0.4 is 10.2 Å². The molecule has 3 rings (SSSR count). The number of ether oxygens (including phenoxy) is 1. The van der Waals surface area contributed by atoms with Crippen LogP contribution in [-0.4, -0.2) is 31.4 Å². The Balaban J connectivity index is 1.77. The number of phenolic OH excluding ortho intramolecular Hbond substituents is 1. The van der Waals surface area contributed by atoms with E-state index >= 15 is 0 Å². The third-order valence-electron chi connectivity index (χ3n) is 3.88. The third kappa shape index (κ3) is 3.37. The molecule has 0 spiro atoms. The van der Waals surface area contributed by atoms with Gasteiger partial charge in [0, 0.05) is 25.3 Å². The van der Waals surface area contributed by atoms with Gasteiger partial charge < -0.3 is 20.1 Å². The van der Waals surface area contributed by atoms with Crippen molar-refractivity contribution in [1.82, 2.24) is 0 Å². The van der Waals surface area contributed by atoms with Crippen LogP contribution in [0, 0.1) is 11.6 Å². The zero-order valence-electron chi connectivity index (χ0n) is 12.6. The molecule has 4 nitrogen and oxygen atoms in total. The first-order valence-corrected chi connectivity index (χ1v) is 7.48. The first-order chi connectivity index (χ1) is 11.2. The normalized spacial score (nSPS) is 14.8. The van der Waals surface area contributed by atoms with Crippen LogP contribution in [-0.2, 0) is 11.3 Å². The van der Waals surface area contributed by atoms with Crippen LogP contribution in [0.2, 0.25) is 0 Å². The lowest BCUT2D eigenvalue weighted by atomic mass is 10.1. The van der Waals surface area contributed by atoms with Gasteiger partial charge in [-0.1, -0.05) is 18.2 Å². The zero-order valence-corrected chi connectivity index (χ0v) is 12.6. The Hall–Kier alpha value is -2.34. The largest absolute Gasteiger partial charge is 0.503 e. The highest BCUT2D eigenvalue weighted by atomic mass is 19.2. The number of morpholine rings is 1. The molecule has 1 heterocycles. The lowest BCUT2D eigenvalue weighted by Crippen LogP contribution is -2.36. The summed E-state index contributed by atoms with van der Waals surface area (Å²) < 4.78 is 31.8. The van der Waals surface area contributed by atoms with E-state index < -0.39 is 17.4 Å². The van der Waals surface area contributed by atoms with Gasteiger partial charge in [0.1, 0.15) is 0 Å². The SMILES string of the molecule is Oc1c(NCc2ccccc2N2CCOCC2)ccc(F)c1F. The number of aromatic hydroxyl groups is 1. The molecule has 0 bridgehead atoms. The fourth-order valence-electron chi connectivity index (χ4n) is 2.65. The molecule has 23 heavy (non-hydrogen) atoms. The minimum Gasteiger partial charge on any atom is -0.503 e. The van der Waals surface area contributed by atoms with Crippen LogP contribution in [0.25, 0.3) is 0 Å². The van der Waals surface area contributed by atoms with E-state index in [9.17, 15) is 13.9 Å². The molecule has 1 saturated heterocycles. The molecular formula is C17H18F2N2O2. The molecule has 2 N–H and O–H groups in total.